The summed E-state index contributed by atoms with van der Waals surface area (Å²) in [4.78, 5) is 27.3. The van der Waals surface area contributed by atoms with Crippen LogP contribution in [0.15, 0.2) is 61.4 Å². The Morgan fingerprint density at radius 2 is 1.86 bits per heavy atom. The monoisotopic (exact) mass is 483 g/mol. The fraction of sp³-hybridized carbons (Fsp3) is 0.269. The molecule has 1 aliphatic heterocycles. The zero-order chi connectivity index (χ0) is 24.3. The lowest BCUT2D eigenvalue weighted by Gasteiger charge is -2.25. The van der Waals surface area contributed by atoms with Gasteiger partial charge in [-0.25, -0.2) is 24.9 Å². The van der Waals surface area contributed by atoms with Gasteiger partial charge in [-0.1, -0.05) is 30.3 Å². The maximum absolute atomic E-state index is 6.26. The van der Waals surface area contributed by atoms with Crippen LogP contribution in [0.4, 0.5) is 5.82 Å². The third-order valence-corrected chi connectivity index (χ3v) is 6.39. The molecule has 0 radical (unpaired) electrons. The van der Waals surface area contributed by atoms with E-state index in [1.165, 1.54) is 6.33 Å². The van der Waals surface area contributed by atoms with E-state index in [1.54, 1.807) is 19.8 Å². The number of H-pyrrole nitrogens is 1. The van der Waals surface area contributed by atoms with Crippen molar-refractivity contribution in [2.24, 2.45) is 0 Å². The molecule has 0 bridgehead atoms. The van der Waals surface area contributed by atoms with E-state index < -0.39 is 0 Å². The number of rotatable bonds is 8. The van der Waals surface area contributed by atoms with E-state index in [4.69, 9.17) is 14.2 Å². The molecule has 0 saturated carbocycles. The van der Waals surface area contributed by atoms with Gasteiger partial charge in [-0.05, 0) is 24.5 Å². The number of methoxy groups -OCH3 is 1. The molecule has 1 atom stereocenters. The second kappa shape index (κ2) is 9.65. The predicted molar refractivity (Wildman–Crippen MR) is 134 cm³/mol. The molecule has 0 spiro atoms. The van der Waals surface area contributed by atoms with Crippen molar-refractivity contribution in [1.29, 1.82) is 0 Å². The van der Waals surface area contributed by atoms with Crippen molar-refractivity contribution >= 4 is 27.9 Å². The van der Waals surface area contributed by atoms with Crippen LogP contribution < -0.4 is 19.1 Å². The van der Waals surface area contributed by atoms with Gasteiger partial charge in [-0.3, -0.25) is 0 Å². The summed E-state index contributed by atoms with van der Waals surface area (Å²) in [6, 6.07) is 13.9. The van der Waals surface area contributed by atoms with E-state index in [-0.39, 0.29) is 6.04 Å². The molecular formula is C26H25N7O3. The minimum Gasteiger partial charge on any atom is -0.493 e. The lowest BCUT2D eigenvalue weighted by Crippen LogP contribution is -2.35. The third kappa shape index (κ3) is 4.21. The molecule has 5 aromatic rings. The number of hydrogen-bond donors (Lipinski definition) is 1. The number of ether oxygens (including phenoxy) is 3. The summed E-state index contributed by atoms with van der Waals surface area (Å²) in [7, 11) is 1.62. The van der Waals surface area contributed by atoms with Crippen LogP contribution in [0.5, 0.6) is 17.4 Å². The lowest BCUT2D eigenvalue weighted by molar-refractivity contribution is 0.279. The zero-order valence-electron chi connectivity index (χ0n) is 19.8. The van der Waals surface area contributed by atoms with Crippen molar-refractivity contribution in [3.05, 3.63) is 67.0 Å². The van der Waals surface area contributed by atoms with Gasteiger partial charge in [0.2, 0.25) is 5.88 Å². The molecule has 1 aliphatic rings. The van der Waals surface area contributed by atoms with E-state index in [0.29, 0.717) is 36.2 Å². The van der Waals surface area contributed by atoms with Gasteiger partial charge in [-0.2, -0.15) is 0 Å². The summed E-state index contributed by atoms with van der Waals surface area (Å²) in [6.07, 6.45) is 6.74. The van der Waals surface area contributed by atoms with Gasteiger partial charge >= 0.3 is 0 Å². The molecule has 0 unspecified atom stereocenters. The topological polar surface area (TPSA) is 111 Å². The molecule has 36 heavy (non-hydrogen) atoms. The van der Waals surface area contributed by atoms with Crippen molar-refractivity contribution in [1.82, 2.24) is 29.9 Å². The van der Waals surface area contributed by atoms with Crippen LogP contribution in [0.1, 0.15) is 18.4 Å². The lowest BCUT2D eigenvalue weighted by atomic mass is 10.2. The second-order valence-electron chi connectivity index (χ2n) is 8.57. The van der Waals surface area contributed by atoms with Crippen LogP contribution in [0.2, 0.25) is 0 Å². The fourth-order valence-corrected chi connectivity index (χ4v) is 4.60. The predicted octanol–water partition coefficient (Wildman–Crippen LogP) is 3.93. The molecular weight excluding hydrogens is 458 g/mol. The number of aromatic nitrogens is 6. The summed E-state index contributed by atoms with van der Waals surface area (Å²) >= 11 is 0. The number of fused-ring (bicyclic) bond motifs is 2. The molecule has 6 rings (SSSR count). The Balaban J connectivity index is 1.22. The number of hydrogen-bond acceptors (Lipinski definition) is 9. The average molecular weight is 484 g/mol. The first-order valence-electron chi connectivity index (χ1n) is 11.8. The van der Waals surface area contributed by atoms with Gasteiger partial charge in [-0.15, -0.1) is 0 Å². The Morgan fingerprint density at radius 1 is 0.972 bits per heavy atom. The quantitative estimate of drug-likeness (QED) is 0.351. The van der Waals surface area contributed by atoms with Crippen LogP contribution in [0.3, 0.4) is 0 Å². The van der Waals surface area contributed by atoms with Gasteiger partial charge in [0, 0.05) is 12.6 Å². The number of anilines is 1. The molecule has 3 aromatic heterocycles. The van der Waals surface area contributed by atoms with E-state index in [9.17, 15) is 0 Å². The molecule has 2 aromatic carbocycles. The standard InChI is InChI=1S/C26H25N7O3/c1-34-21-10-19-20(11-22(21)35-12-17-6-3-2-4-7-17)27-14-32-26(19)36-13-18-8-5-9-33(18)25-23-24(29-15-28-23)30-16-31-25/h2-4,6-7,10-11,14-16,18H,5,8-9,12-13H2,1H3,(H,28,29,30,31)/t18-/m1/s1. The summed E-state index contributed by atoms with van der Waals surface area (Å²) in [5, 5.41) is 0.768. The summed E-state index contributed by atoms with van der Waals surface area (Å²) in [5.74, 6) is 2.57. The molecule has 1 saturated heterocycles. The van der Waals surface area contributed by atoms with E-state index in [0.717, 1.165) is 47.2 Å². The molecule has 10 heteroatoms. The Bertz CT molecular complexity index is 1490. The van der Waals surface area contributed by atoms with Crippen molar-refractivity contribution in [2.45, 2.75) is 25.5 Å². The van der Waals surface area contributed by atoms with E-state index in [2.05, 4.69) is 34.8 Å². The van der Waals surface area contributed by atoms with Gasteiger partial charge in [0.25, 0.3) is 0 Å². The molecule has 0 amide bonds. The van der Waals surface area contributed by atoms with Gasteiger partial charge in [0.15, 0.2) is 23.0 Å². The molecule has 1 N–H and O–H groups in total. The summed E-state index contributed by atoms with van der Waals surface area (Å²) in [5.41, 5.74) is 3.29. The van der Waals surface area contributed by atoms with Crippen LogP contribution in [0, 0.1) is 0 Å². The number of benzene rings is 2. The van der Waals surface area contributed by atoms with Gasteiger partial charge in [0.1, 0.15) is 31.4 Å². The Hall–Kier alpha value is -4.47. The number of aromatic amines is 1. The number of nitrogens with zero attached hydrogens (tertiary/aromatic N) is 6. The number of imidazole rings is 1. The molecule has 0 aliphatic carbocycles. The maximum Gasteiger partial charge on any atom is 0.224 e. The van der Waals surface area contributed by atoms with Crippen LogP contribution in [-0.2, 0) is 6.61 Å². The fourth-order valence-electron chi connectivity index (χ4n) is 4.60. The van der Waals surface area contributed by atoms with Crippen molar-refractivity contribution in [3.8, 4) is 17.4 Å². The van der Waals surface area contributed by atoms with Gasteiger partial charge in [0.05, 0.1) is 30.4 Å². The Kier molecular flexibility index (Phi) is 5.90. The van der Waals surface area contributed by atoms with Crippen LogP contribution in [0.25, 0.3) is 22.1 Å². The average Bonchev–Trinajstić information content (AvgIpc) is 3.60. The molecule has 4 heterocycles. The van der Waals surface area contributed by atoms with Crippen molar-refractivity contribution < 1.29 is 14.2 Å². The van der Waals surface area contributed by atoms with Crippen molar-refractivity contribution in [3.63, 3.8) is 0 Å². The Morgan fingerprint density at radius 3 is 2.75 bits per heavy atom. The summed E-state index contributed by atoms with van der Waals surface area (Å²) < 4.78 is 17.9. The maximum atomic E-state index is 6.26. The first kappa shape index (κ1) is 22.0. The highest BCUT2D eigenvalue weighted by molar-refractivity contribution is 5.87. The summed E-state index contributed by atoms with van der Waals surface area (Å²) in [6.45, 7) is 1.78. The smallest absolute Gasteiger partial charge is 0.224 e. The largest absolute Gasteiger partial charge is 0.493 e. The highest BCUT2D eigenvalue weighted by Crippen LogP contribution is 2.35. The first-order chi connectivity index (χ1) is 17.8. The first-order valence-corrected chi connectivity index (χ1v) is 11.8. The van der Waals surface area contributed by atoms with Gasteiger partial charge < -0.3 is 24.1 Å². The van der Waals surface area contributed by atoms with Crippen molar-refractivity contribution in [2.75, 3.05) is 25.2 Å². The minimum atomic E-state index is 0.145. The van der Waals surface area contributed by atoms with E-state index in [1.807, 2.05) is 42.5 Å². The molecule has 1 fully saturated rings. The normalized spacial score (nSPS) is 15.5. The Labute approximate surface area is 207 Å². The zero-order valence-corrected chi connectivity index (χ0v) is 19.8. The molecule has 182 valence electrons. The molecule has 10 nitrogen and oxygen atoms in total. The number of nitrogens with one attached hydrogen (secondary N) is 1. The minimum absolute atomic E-state index is 0.145. The highest BCUT2D eigenvalue weighted by atomic mass is 16.5. The highest BCUT2D eigenvalue weighted by Gasteiger charge is 2.29. The second-order valence-corrected chi connectivity index (χ2v) is 8.57. The van der Waals surface area contributed by atoms with Crippen LogP contribution in [-0.4, -0.2) is 56.2 Å². The van der Waals surface area contributed by atoms with E-state index >= 15 is 0 Å². The van der Waals surface area contributed by atoms with Crippen LogP contribution >= 0.6 is 0 Å². The third-order valence-electron chi connectivity index (χ3n) is 6.39. The SMILES string of the molecule is COc1cc2c(OC[C@H]3CCCN3c3ncnc4nc[nH]c34)ncnc2cc1OCc1ccccc1.